The minimum Gasteiger partial charge on any atom is -0.496 e. The summed E-state index contributed by atoms with van der Waals surface area (Å²) in [4.78, 5) is 25.9. The number of nitrogens with zero attached hydrogens (tertiary/aromatic N) is 1. The van der Waals surface area contributed by atoms with Crippen molar-refractivity contribution in [2.45, 2.75) is 39.5 Å². The van der Waals surface area contributed by atoms with Gasteiger partial charge in [-0.15, -0.1) is 0 Å². The third-order valence-corrected chi connectivity index (χ3v) is 4.66. The molecule has 2 amide bonds. The van der Waals surface area contributed by atoms with Crippen LogP contribution < -0.4 is 10.1 Å². The Labute approximate surface area is 167 Å². The summed E-state index contributed by atoms with van der Waals surface area (Å²) in [7, 11) is 1.62. The molecule has 0 saturated heterocycles. The summed E-state index contributed by atoms with van der Waals surface area (Å²) >= 11 is 0. The zero-order valence-corrected chi connectivity index (χ0v) is 17.4. The highest BCUT2D eigenvalue weighted by Crippen LogP contribution is 2.23. The van der Waals surface area contributed by atoms with Gasteiger partial charge in [0.25, 0.3) is 0 Å². The Kier molecular flexibility index (Phi) is 7.21. The van der Waals surface area contributed by atoms with E-state index in [9.17, 15) is 9.59 Å². The number of para-hydroxylation sites is 1. The fourth-order valence-electron chi connectivity index (χ4n) is 2.94. The largest absolute Gasteiger partial charge is 0.496 e. The molecule has 0 bridgehead atoms. The van der Waals surface area contributed by atoms with Crippen molar-refractivity contribution in [1.29, 1.82) is 0 Å². The summed E-state index contributed by atoms with van der Waals surface area (Å²) in [6.07, 6.45) is 0.622. The summed E-state index contributed by atoms with van der Waals surface area (Å²) in [5.41, 5.74) is 3.00. The number of benzene rings is 2. The van der Waals surface area contributed by atoms with Crippen molar-refractivity contribution < 1.29 is 14.3 Å². The third kappa shape index (κ3) is 6.12. The molecule has 0 aliphatic rings. The number of anilines is 1. The normalized spacial score (nSPS) is 11.0. The van der Waals surface area contributed by atoms with E-state index in [-0.39, 0.29) is 23.8 Å². The number of carbonyl (C=O) groups excluding carboxylic acids is 2. The molecule has 2 rings (SSSR count). The monoisotopic (exact) mass is 382 g/mol. The number of rotatable bonds is 7. The van der Waals surface area contributed by atoms with Crippen LogP contribution in [0.15, 0.2) is 48.5 Å². The fraction of sp³-hybridized carbons (Fsp3) is 0.391. The Morgan fingerprint density at radius 1 is 1.04 bits per heavy atom. The predicted octanol–water partition coefficient (Wildman–Crippen LogP) is 4.02. The summed E-state index contributed by atoms with van der Waals surface area (Å²) in [6, 6.07) is 15.5. The van der Waals surface area contributed by atoms with Crippen molar-refractivity contribution >= 4 is 17.5 Å². The number of nitrogens with one attached hydrogen (secondary N) is 1. The minimum atomic E-state index is -0.210. The molecule has 0 aromatic heterocycles. The number of hydrogen-bond donors (Lipinski definition) is 1. The maximum atomic E-state index is 12.4. The fourth-order valence-corrected chi connectivity index (χ4v) is 2.94. The van der Waals surface area contributed by atoms with Gasteiger partial charge in [-0.3, -0.25) is 9.59 Å². The highest BCUT2D eigenvalue weighted by molar-refractivity contribution is 5.94. The van der Waals surface area contributed by atoms with Gasteiger partial charge in [-0.2, -0.15) is 0 Å². The SMILES string of the molecule is COc1ccccc1CCN(CC(=O)Nc1ccc(C(C)(C)C)cc1)C(C)=O. The molecule has 0 heterocycles. The molecule has 0 aliphatic heterocycles. The van der Waals surface area contributed by atoms with E-state index in [4.69, 9.17) is 4.74 Å². The first-order valence-electron chi connectivity index (χ1n) is 9.48. The molecule has 0 saturated carbocycles. The highest BCUT2D eigenvalue weighted by Gasteiger charge is 2.16. The zero-order chi connectivity index (χ0) is 20.7. The van der Waals surface area contributed by atoms with Crippen LogP contribution in [0.2, 0.25) is 0 Å². The lowest BCUT2D eigenvalue weighted by molar-refractivity contribution is -0.132. The first kappa shape index (κ1) is 21.5. The lowest BCUT2D eigenvalue weighted by Crippen LogP contribution is -2.38. The van der Waals surface area contributed by atoms with Gasteiger partial charge < -0.3 is 15.0 Å². The maximum Gasteiger partial charge on any atom is 0.243 e. The van der Waals surface area contributed by atoms with E-state index < -0.39 is 0 Å². The van der Waals surface area contributed by atoms with Crippen LogP contribution in [-0.4, -0.2) is 36.9 Å². The van der Waals surface area contributed by atoms with Gasteiger partial charge in [0.2, 0.25) is 11.8 Å². The van der Waals surface area contributed by atoms with Gasteiger partial charge in [-0.25, -0.2) is 0 Å². The van der Waals surface area contributed by atoms with Crippen LogP contribution in [0.3, 0.4) is 0 Å². The van der Waals surface area contributed by atoms with E-state index in [2.05, 4.69) is 26.1 Å². The standard InChI is InChI=1S/C23H30N2O3/c1-17(26)25(15-14-18-8-6-7-9-21(18)28-5)16-22(27)24-20-12-10-19(11-13-20)23(2,3)4/h6-13H,14-16H2,1-5H3,(H,24,27). The lowest BCUT2D eigenvalue weighted by Gasteiger charge is -2.22. The summed E-state index contributed by atoms with van der Waals surface area (Å²) in [5.74, 6) is 0.446. The van der Waals surface area contributed by atoms with E-state index in [1.54, 1.807) is 12.0 Å². The zero-order valence-electron chi connectivity index (χ0n) is 17.4. The summed E-state index contributed by atoms with van der Waals surface area (Å²) in [5, 5.41) is 2.87. The first-order valence-corrected chi connectivity index (χ1v) is 9.48. The van der Waals surface area contributed by atoms with Crippen molar-refractivity contribution in [2.24, 2.45) is 0 Å². The summed E-state index contributed by atoms with van der Waals surface area (Å²) < 4.78 is 5.35. The Morgan fingerprint density at radius 3 is 2.25 bits per heavy atom. The van der Waals surface area contributed by atoms with Crippen LogP contribution >= 0.6 is 0 Å². The predicted molar refractivity (Wildman–Crippen MR) is 113 cm³/mol. The van der Waals surface area contributed by atoms with Crippen LogP contribution in [0.4, 0.5) is 5.69 Å². The molecular weight excluding hydrogens is 352 g/mol. The van der Waals surface area contributed by atoms with E-state index >= 15 is 0 Å². The van der Waals surface area contributed by atoms with E-state index in [1.807, 2.05) is 48.5 Å². The molecule has 0 atom stereocenters. The van der Waals surface area contributed by atoms with Crippen molar-refractivity contribution in [3.05, 3.63) is 59.7 Å². The Morgan fingerprint density at radius 2 is 1.68 bits per heavy atom. The second kappa shape index (κ2) is 9.40. The van der Waals surface area contributed by atoms with Gasteiger partial charge in [0.15, 0.2) is 0 Å². The Bertz CT molecular complexity index is 807. The van der Waals surface area contributed by atoms with E-state index in [0.717, 1.165) is 17.0 Å². The molecule has 0 spiro atoms. The van der Waals surface area contributed by atoms with Gasteiger partial charge in [0.1, 0.15) is 5.75 Å². The summed E-state index contributed by atoms with van der Waals surface area (Å²) in [6.45, 7) is 8.39. The van der Waals surface area contributed by atoms with Crippen LogP contribution in [-0.2, 0) is 21.4 Å². The molecule has 1 N–H and O–H groups in total. The average Bonchev–Trinajstić information content (AvgIpc) is 2.64. The lowest BCUT2D eigenvalue weighted by atomic mass is 9.87. The van der Waals surface area contributed by atoms with Gasteiger partial charge in [-0.1, -0.05) is 51.1 Å². The second-order valence-electron chi connectivity index (χ2n) is 7.88. The molecule has 0 radical (unpaired) electrons. The first-order chi connectivity index (χ1) is 13.2. The molecule has 0 unspecified atom stereocenters. The van der Waals surface area contributed by atoms with Crippen molar-refractivity contribution in [3.8, 4) is 5.75 Å². The van der Waals surface area contributed by atoms with Gasteiger partial charge >= 0.3 is 0 Å². The molecule has 0 fully saturated rings. The van der Waals surface area contributed by atoms with Crippen molar-refractivity contribution in [1.82, 2.24) is 4.90 Å². The molecule has 28 heavy (non-hydrogen) atoms. The molecule has 0 aliphatic carbocycles. The van der Waals surface area contributed by atoms with Gasteiger partial charge in [0.05, 0.1) is 13.7 Å². The average molecular weight is 383 g/mol. The van der Waals surface area contributed by atoms with Crippen molar-refractivity contribution in [2.75, 3.05) is 25.5 Å². The minimum absolute atomic E-state index is 0.0193. The van der Waals surface area contributed by atoms with Gasteiger partial charge in [0, 0.05) is 19.2 Å². The van der Waals surface area contributed by atoms with Crippen LogP contribution in [0.25, 0.3) is 0 Å². The topological polar surface area (TPSA) is 58.6 Å². The number of hydrogen-bond acceptors (Lipinski definition) is 3. The maximum absolute atomic E-state index is 12.4. The molecular formula is C23H30N2O3. The third-order valence-electron chi connectivity index (χ3n) is 4.66. The quantitative estimate of drug-likeness (QED) is 0.787. The number of carbonyl (C=O) groups is 2. The molecule has 5 nitrogen and oxygen atoms in total. The van der Waals surface area contributed by atoms with Gasteiger partial charge in [-0.05, 0) is 41.2 Å². The van der Waals surface area contributed by atoms with Crippen LogP contribution in [0.5, 0.6) is 5.75 Å². The molecule has 150 valence electrons. The van der Waals surface area contributed by atoms with E-state index in [1.165, 1.54) is 12.5 Å². The van der Waals surface area contributed by atoms with E-state index in [0.29, 0.717) is 13.0 Å². The van der Waals surface area contributed by atoms with Crippen molar-refractivity contribution in [3.63, 3.8) is 0 Å². The number of ether oxygens (including phenoxy) is 1. The smallest absolute Gasteiger partial charge is 0.243 e. The number of amides is 2. The molecule has 2 aromatic rings. The van der Waals surface area contributed by atoms with Crippen LogP contribution in [0, 0.1) is 0 Å². The Hall–Kier alpha value is -2.82. The number of methoxy groups -OCH3 is 1. The second-order valence-corrected chi connectivity index (χ2v) is 7.88. The van der Waals surface area contributed by atoms with Crippen LogP contribution in [0.1, 0.15) is 38.8 Å². The molecule has 2 aromatic carbocycles. The Balaban J connectivity index is 1.96. The molecule has 5 heteroatoms. The highest BCUT2D eigenvalue weighted by atomic mass is 16.5.